The number of likely N-dealkylation sites (tertiary alicyclic amines) is 1. The molecule has 2 fully saturated rings. The summed E-state index contributed by atoms with van der Waals surface area (Å²) >= 11 is 0. The van der Waals surface area contributed by atoms with Gasteiger partial charge in [0.2, 0.25) is 5.91 Å². The predicted molar refractivity (Wildman–Crippen MR) is 117 cm³/mol. The fraction of sp³-hybridized carbons (Fsp3) is 0.375. The number of amides is 4. The molecule has 0 radical (unpaired) electrons. The Labute approximate surface area is 182 Å². The number of benzene rings is 2. The van der Waals surface area contributed by atoms with Gasteiger partial charge < -0.3 is 10.6 Å². The van der Waals surface area contributed by atoms with E-state index < -0.39 is 5.54 Å². The van der Waals surface area contributed by atoms with E-state index in [-0.39, 0.29) is 24.4 Å². The first kappa shape index (κ1) is 21.1. The monoisotopic (exact) mass is 420 g/mol. The van der Waals surface area contributed by atoms with E-state index in [1.54, 1.807) is 0 Å². The Morgan fingerprint density at radius 2 is 1.55 bits per heavy atom. The summed E-state index contributed by atoms with van der Waals surface area (Å²) in [4.78, 5) is 41.2. The minimum absolute atomic E-state index is 0.0145. The third-order valence-electron chi connectivity index (χ3n) is 6.08. The van der Waals surface area contributed by atoms with Gasteiger partial charge in [-0.3, -0.25) is 19.4 Å². The van der Waals surface area contributed by atoms with Crippen LogP contribution in [0.1, 0.15) is 24.0 Å². The zero-order valence-corrected chi connectivity index (χ0v) is 17.5. The van der Waals surface area contributed by atoms with Crippen LogP contribution >= 0.6 is 0 Å². The van der Waals surface area contributed by atoms with E-state index in [2.05, 4.69) is 10.6 Å². The molecule has 4 rings (SSSR count). The number of hydrogen-bond donors (Lipinski definition) is 2. The number of imide groups is 1. The fourth-order valence-electron chi connectivity index (χ4n) is 4.27. The molecule has 31 heavy (non-hydrogen) atoms. The maximum absolute atomic E-state index is 13.0. The van der Waals surface area contributed by atoms with Crippen molar-refractivity contribution in [3.63, 3.8) is 0 Å². The highest BCUT2D eigenvalue weighted by molar-refractivity contribution is 6.07. The third kappa shape index (κ3) is 4.94. The molecule has 2 aliphatic rings. The quantitative estimate of drug-likeness (QED) is 0.671. The Balaban J connectivity index is 1.24. The Bertz CT molecular complexity index is 924. The van der Waals surface area contributed by atoms with Crippen LogP contribution < -0.4 is 10.6 Å². The number of urea groups is 1. The molecule has 2 aromatic carbocycles. The number of carbonyl (C=O) groups excluding carboxylic acids is 3. The Morgan fingerprint density at radius 1 is 0.935 bits per heavy atom. The van der Waals surface area contributed by atoms with Crippen LogP contribution in [0.2, 0.25) is 0 Å². The van der Waals surface area contributed by atoms with Crippen molar-refractivity contribution in [2.45, 2.75) is 31.3 Å². The maximum atomic E-state index is 13.0. The highest BCUT2D eigenvalue weighted by Gasteiger charge is 2.52. The molecule has 0 aliphatic carbocycles. The van der Waals surface area contributed by atoms with Crippen LogP contribution in [0.4, 0.5) is 4.79 Å². The van der Waals surface area contributed by atoms with Gasteiger partial charge in [0.1, 0.15) is 5.54 Å². The molecule has 0 unspecified atom stereocenters. The lowest BCUT2D eigenvalue weighted by molar-refractivity contribution is -0.133. The van der Waals surface area contributed by atoms with Gasteiger partial charge in [0, 0.05) is 19.6 Å². The van der Waals surface area contributed by atoms with Crippen molar-refractivity contribution in [3.8, 4) is 0 Å². The summed E-state index contributed by atoms with van der Waals surface area (Å²) in [5, 5.41) is 5.89. The molecule has 7 heteroatoms. The standard InChI is InChI=1S/C24H28N4O3/c29-21(25-14-11-19-7-3-1-4-8-19)18-27-15-12-24(13-16-27)22(30)28(23(31)26-24)17-20-9-5-2-6-10-20/h1-10H,11-18H2,(H,25,29)(H,26,31). The third-order valence-corrected chi connectivity index (χ3v) is 6.08. The van der Waals surface area contributed by atoms with Crippen molar-refractivity contribution < 1.29 is 14.4 Å². The first-order valence-electron chi connectivity index (χ1n) is 10.8. The van der Waals surface area contributed by atoms with Gasteiger partial charge in [0.25, 0.3) is 5.91 Å². The molecule has 2 heterocycles. The van der Waals surface area contributed by atoms with Crippen LogP contribution in [0, 0.1) is 0 Å². The fourth-order valence-corrected chi connectivity index (χ4v) is 4.27. The van der Waals surface area contributed by atoms with Crippen molar-refractivity contribution in [1.29, 1.82) is 0 Å². The van der Waals surface area contributed by atoms with Gasteiger partial charge in [-0.2, -0.15) is 0 Å². The van der Waals surface area contributed by atoms with Crippen LogP contribution in [0.5, 0.6) is 0 Å². The van der Waals surface area contributed by atoms with Gasteiger partial charge in [-0.1, -0.05) is 60.7 Å². The molecule has 2 saturated heterocycles. The summed E-state index contributed by atoms with van der Waals surface area (Å²) in [6.45, 7) is 2.37. The smallest absolute Gasteiger partial charge is 0.325 e. The second-order valence-electron chi connectivity index (χ2n) is 8.25. The van der Waals surface area contributed by atoms with Gasteiger partial charge in [0.05, 0.1) is 13.1 Å². The van der Waals surface area contributed by atoms with E-state index in [1.807, 2.05) is 65.6 Å². The van der Waals surface area contributed by atoms with Crippen LogP contribution in [-0.4, -0.2) is 59.4 Å². The maximum Gasteiger partial charge on any atom is 0.325 e. The predicted octanol–water partition coefficient (Wildman–Crippen LogP) is 1.93. The first-order valence-corrected chi connectivity index (χ1v) is 10.8. The van der Waals surface area contributed by atoms with E-state index in [4.69, 9.17) is 0 Å². The lowest BCUT2D eigenvalue weighted by Gasteiger charge is -2.36. The second-order valence-corrected chi connectivity index (χ2v) is 8.25. The molecule has 2 aliphatic heterocycles. The molecule has 7 nitrogen and oxygen atoms in total. The number of rotatable bonds is 7. The molecule has 0 saturated carbocycles. The lowest BCUT2D eigenvalue weighted by Crippen LogP contribution is -2.56. The molecule has 4 amide bonds. The number of nitrogens with one attached hydrogen (secondary N) is 2. The van der Waals surface area contributed by atoms with E-state index in [0.29, 0.717) is 39.0 Å². The molecular formula is C24H28N4O3. The largest absolute Gasteiger partial charge is 0.355 e. The van der Waals surface area contributed by atoms with Crippen LogP contribution in [0.15, 0.2) is 60.7 Å². The van der Waals surface area contributed by atoms with Crippen molar-refractivity contribution in [2.24, 2.45) is 0 Å². The summed E-state index contributed by atoms with van der Waals surface area (Å²) < 4.78 is 0. The first-order chi connectivity index (χ1) is 15.1. The van der Waals surface area contributed by atoms with Crippen molar-refractivity contribution in [3.05, 3.63) is 71.8 Å². The summed E-state index contributed by atoms with van der Waals surface area (Å²) in [6.07, 6.45) is 1.83. The van der Waals surface area contributed by atoms with Crippen molar-refractivity contribution in [1.82, 2.24) is 20.4 Å². The van der Waals surface area contributed by atoms with Gasteiger partial charge in [0.15, 0.2) is 0 Å². The van der Waals surface area contributed by atoms with Gasteiger partial charge >= 0.3 is 6.03 Å². The van der Waals surface area contributed by atoms with E-state index in [9.17, 15) is 14.4 Å². The molecule has 162 valence electrons. The Hall–Kier alpha value is -3.19. The number of hydrogen-bond acceptors (Lipinski definition) is 4. The summed E-state index contributed by atoms with van der Waals surface area (Å²) in [5.41, 5.74) is 1.28. The zero-order chi connectivity index (χ0) is 21.7. The van der Waals surface area contributed by atoms with Crippen LogP contribution in [-0.2, 0) is 22.6 Å². The number of carbonyl (C=O) groups is 3. The topological polar surface area (TPSA) is 81.8 Å². The average Bonchev–Trinajstić information content (AvgIpc) is 3.01. The molecule has 0 atom stereocenters. The van der Waals surface area contributed by atoms with Crippen LogP contribution in [0.25, 0.3) is 0 Å². The molecule has 2 aromatic rings. The number of nitrogens with zero attached hydrogens (tertiary/aromatic N) is 2. The SMILES string of the molecule is O=C(CN1CCC2(CC1)NC(=O)N(Cc1ccccc1)C2=O)NCCc1ccccc1. The zero-order valence-electron chi connectivity index (χ0n) is 17.5. The summed E-state index contributed by atoms with van der Waals surface area (Å²) in [6, 6.07) is 19.2. The van der Waals surface area contributed by atoms with Crippen LogP contribution in [0.3, 0.4) is 0 Å². The molecule has 0 bridgehead atoms. The van der Waals surface area contributed by atoms with Gasteiger partial charge in [-0.15, -0.1) is 0 Å². The van der Waals surface area contributed by atoms with E-state index >= 15 is 0 Å². The highest BCUT2D eigenvalue weighted by Crippen LogP contribution is 2.30. The van der Waals surface area contributed by atoms with E-state index in [0.717, 1.165) is 12.0 Å². The minimum atomic E-state index is -0.841. The van der Waals surface area contributed by atoms with Crippen molar-refractivity contribution >= 4 is 17.8 Å². The molecule has 2 N–H and O–H groups in total. The summed E-state index contributed by atoms with van der Waals surface area (Å²) in [7, 11) is 0. The van der Waals surface area contributed by atoms with Gasteiger partial charge in [-0.05, 0) is 30.4 Å². The van der Waals surface area contributed by atoms with E-state index in [1.165, 1.54) is 10.5 Å². The van der Waals surface area contributed by atoms with Gasteiger partial charge in [-0.25, -0.2) is 4.79 Å². The van der Waals surface area contributed by atoms with Crippen molar-refractivity contribution in [2.75, 3.05) is 26.2 Å². The summed E-state index contributed by atoms with van der Waals surface area (Å²) in [5.74, 6) is -0.173. The Morgan fingerprint density at radius 3 is 2.19 bits per heavy atom. The Kier molecular flexibility index (Phi) is 6.32. The highest BCUT2D eigenvalue weighted by atomic mass is 16.2. The average molecular weight is 421 g/mol. The molecular weight excluding hydrogens is 392 g/mol. The lowest BCUT2D eigenvalue weighted by atomic mass is 9.87. The normalized spacial score (nSPS) is 18.3. The minimum Gasteiger partial charge on any atom is -0.355 e. The molecule has 0 aromatic heterocycles. The number of piperidine rings is 1. The molecule has 1 spiro atoms. The second kappa shape index (κ2) is 9.31.